The molecule has 2 aliphatic heterocycles. The van der Waals surface area contributed by atoms with Gasteiger partial charge in [-0.15, -0.1) is 24.8 Å². The van der Waals surface area contributed by atoms with Gasteiger partial charge in [0.2, 0.25) is 0 Å². The number of hydrogen-bond donors (Lipinski definition) is 2. The molecule has 0 atom stereocenters. The van der Waals surface area contributed by atoms with Crippen LogP contribution in [0.5, 0.6) is 11.5 Å². The summed E-state index contributed by atoms with van der Waals surface area (Å²) in [6.45, 7) is 3.52. The van der Waals surface area contributed by atoms with E-state index in [0.717, 1.165) is 113 Å². The maximum absolute atomic E-state index is 6.08. The normalized spacial score (nSPS) is 12.0. The van der Waals surface area contributed by atoms with Crippen LogP contribution in [0.15, 0.2) is 84.9 Å². The van der Waals surface area contributed by atoms with Crippen LogP contribution in [0, 0.1) is 0 Å². The Hall–Kier alpha value is -4.34. The minimum atomic E-state index is 0. The van der Waals surface area contributed by atoms with Crippen molar-refractivity contribution < 1.29 is 35.5 Å². The molecule has 5 heterocycles. The molecule has 11 heteroatoms. The van der Waals surface area contributed by atoms with Crippen molar-refractivity contribution in [2.45, 2.75) is 12.8 Å². The molecule has 0 saturated heterocycles. The average Bonchev–Trinajstić information content (AvgIpc) is 3.93. The van der Waals surface area contributed by atoms with E-state index in [1.165, 1.54) is 0 Å². The monoisotopic (exact) mass is 822 g/mol. The Labute approximate surface area is 347 Å². The first-order valence-electron chi connectivity index (χ1n) is 18.1. The third-order valence-corrected chi connectivity index (χ3v) is 9.17. The average molecular weight is 824 g/mol. The molecule has 55 heavy (non-hydrogen) atoms. The molecular formula is C44H52Cl2FeN6O2+5. The summed E-state index contributed by atoms with van der Waals surface area (Å²) >= 11 is 0. The third kappa shape index (κ3) is 11.4. The zero-order valence-corrected chi connectivity index (χ0v) is 35.1. The van der Waals surface area contributed by atoms with Crippen LogP contribution in [0.1, 0.15) is 35.6 Å². The van der Waals surface area contributed by atoms with Crippen molar-refractivity contribution in [1.82, 2.24) is 19.9 Å². The molecule has 0 aliphatic carbocycles. The van der Waals surface area contributed by atoms with E-state index in [1.807, 2.05) is 0 Å². The van der Waals surface area contributed by atoms with E-state index < -0.39 is 0 Å². The quantitative estimate of drug-likeness (QED) is 0.0732. The maximum atomic E-state index is 6.08. The molecule has 8 bridgehead atoms. The van der Waals surface area contributed by atoms with E-state index in [1.54, 1.807) is 0 Å². The van der Waals surface area contributed by atoms with Crippen molar-refractivity contribution in [2.24, 2.45) is 0 Å². The van der Waals surface area contributed by atoms with Crippen LogP contribution in [0.4, 0.5) is 0 Å². The predicted molar refractivity (Wildman–Crippen MR) is 230 cm³/mol. The van der Waals surface area contributed by atoms with Crippen LogP contribution < -0.4 is 9.47 Å². The van der Waals surface area contributed by atoms with Gasteiger partial charge in [-0.3, -0.25) is 0 Å². The van der Waals surface area contributed by atoms with Crippen molar-refractivity contribution in [3.05, 3.63) is 108 Å². The zero-order chi connectivity index (χ0) is 36.3. The maximum Gasteiger partial charge on any atom is 3.00 e. The molecule has 0 fully saturated rings. The topological polar surface area (TPSA) is 75.8 Å². The number of hydrogen-bond acceptors (Lipinski definition) is 4. The van der Waals surface area contributed by atoms with Crippen LogP contribution in [0.3, 0.4) is 0 Å². The Morgan fingerprint density at radius 2 is 0.891 bits per heavy atom. The largest absolute Gasteiger partial charge is 3.00 e. The number of aromatic nitrogens is 4. The van der Waals surface area contributed by atoms with E-state index in [0.29, 0.717) is 13.2 Å². The van der Waals surface area contributed by atoms with Gasteiger partial charge in [-0.1, -0.05) is 24.3 Å². The van der Waals surface area contributed by atoms with Gasteiger partial charge in [0, 0.05) is 46.0 Å². The van der Waals surface area contributed by atoms with E-state index in [4.69, 9.17) is 19.4 Å². The predicted octanol–water partition coefficient (Wildman–Crippen LogP) is 9.78. The van der Waals surface area contributed by atoms with Crippen molar-refractivity contribution >= 4 is 71.2 Å². The number of fused-ring (bicyclic) bond motifs is 8. The Balaban J connectivity index is 0.00000224. The molecule has 0 unspecified atom stereocenters. The zero-order valence-electron chi connectivity index (χ0n) is 32.4. The Kier molecular flexibility index (Phi) is 14.6. The molecule has 1 radical (unpaired) electrons. The molecule has 2 aliphatic rings. The first-order chi connectivity index (χ1) is 25.0. The van der Waals surface area contributed by atoms with Crippen LogP contribution in [0.2, 0.25) is 0 Å². The summed E-state index contributed by atoms with van der Waals surface area (Å²) in [7, 11) is 13.2. The fraction of sp³-hybridized carbons (Fsp3) is 0.273. The Morgan fingerprint density at radius 3 is 1.25 bits per heavy atom. The van der Waals surface area contributed by atoms with Crippen LogP contribution >= 0.6 is 24.8 Å². The van der Waals surface area contributed by atoms with Crippen LogP contribution in [-0.2, 0) is 17.1 Å². The summed E-state index contributed by atoms with van der Waals surface area (Å²) in [5.41, 5.74) is 11.7. The van der Waals surface area contributed by atoms with Crippen LogP contribution in [0.25, 0.3) is 68.6 Å². The smallest absolute Gasteiger partial charge is 0.493 e. The first kappa shape index (κ1) is 43.4. The molecule has 0 spiro atoms. The fourth-order valence-corrected chi connectivity index (χ4v) is 6.57. The summed E-state index contributed by atoms with van der Waals surface area (Å²) < 4.78 is 14.0. The molecule has 7 rings (SSSR count). The summed E-state index contributed by atoms with van der Waals surface area (Å²) in [6.07, 6.45) is 10.3. The standard InChI is InChI=1S/C44H50N6O2.2ClH.Fe/c1-49(2,3)25-7-27-51-37-17-9-31(10-18-37)43-39-21-13-33(45-39)29-35-15-23-41(47-35)44(42-24-16-36(48-42)30-34-14-22-40(43)46-34)32-11-19-38(20-12-32)52-28-8-26-50(4,5)6;;;/h9-24,29-30,45,48H,7-8,25-28H2,1-6H3;2*1H;/q+2;;;+3. The molecular weight excluding hydrogens is 771 g/mol. The number of ether oxygens (including phenoxy) is 2. The fourth-order valence-electron chi connectivity index (χ4n) is 6.57. The van der Waals surface area contributed by atoms with Gasteiger partial charge < -0.3 is 28.4 Å². The number of halogens is 2. The number of rotatable bonds is 12. The van der Waals surface area contributed by atoms with Crippen molar-refractivity contribution in [3.63, 3.8) is 0 Å². The molecule has 5 aromatic rings. The molecule has 2 N–H and O–H groups in total. The number of H-pyrrole nitrogens is 2. The Bertz CT molecular complexity index is 2120. The van der Waals surface area contributed by atoms with Gasteiger partial charge in [0.15, 0.2) is 0 Å². The van der Waals surface area contributed by atoms with Gasteiger partial charge in [-0.05, 0) is 96.1 Å². The second-order valence-electron chi connectivity index (χ2n) is 15.7. The number of nitrogens with zero attached hydrogens (tertiary/aromatic N) is 4. The SMILES string of the molecule is C[N+](C)(C)CCCOc1ccc(-c2c3nc(cc4ccc([nH]4)c(-c4ccc(OCCC[N+](C)(C)C)cc4)c4nc(cc5ccc2[nH]5)C=C4)C=C3)cc1.Cl.Cl.[Fe+3]. The summed E-state index contributed by atoms with van der Waals surface area (Å²) in [4.78, 5) is 17.5. The number of quaternary nitrogens is 2. The third-order valence-electron chi connectivity index (χ3n) is 9.17. The second-order valence-corrected chi connectivity index (χ2v) is 15.7. The minimum Gasteiger partial charge on any atom is -0.493 e. The van der Waals surface area contributed by atoms with Crippen molar-refractivity contribution in [2.75, 3.05) is 68.6 Å². The second kappa shape index (κ2) is 18.5. The van der Waals surface area contributed by atoms with E-state index in [2.05, 4.69) is 161 Å². The molecule has 8 nitrogen and oxygen atoms in total. The molecule has 287 valence electrons. The summed E-state index contributed by atoms with van der Waals surface area (Å²) in [5.74, 6) is 1.74. The molecule has 0 amide bonds. The number of benzene rings is 2. The van der Waals surface area contributed by atoms with Crippen molar-refractivity contribution in [3.8, 4) is 33.8 Å². The van der Waals surface area contributed by atoms with E-state index in [-0.39, 0.29) is 41.9 Å². The number of aromatic amines is 2. The van der Waals surface area contributed by atoms with Gasteiger partial charge in [-0.2, -0.15) is 0 Å². The van der Waals surface area contributed by atoms with Gasteiger partial charge in [0.1, 0.15) is 11.5 Å². The van der Waals surface area contributed by atoms with E-state index >= 15 is 0 Å². The van der Waals surface area contributed by atoms with Crippen LogP contribution in [-0.4, -0.2) is 97.5 Å². The Morgan fingerprint density at radius 1 is 0.509 bits per heavy atom. The number of nitrogens with one attached hydrogen (secondary N) is 2. The first-order valence-corrected chi connectivity index (χ1v) is 18.1. The van der Waals surface area contributed by atoms with Gasteiger partial charge in [-0.25, -0.2) is 9.97 Å². The van der Waals surface area contributed by atoms with Crippen molar-refractivity contribution in [1.29, 1.82) is 0 Å². The molecule has 3 aromatic heterocycles. The summed E-state index contributed by atoms with van der Waals surface area (Å²) in [6, 6.07) is 29.3. The van der Waals surface area contributed by atoms with Gasteiger partial charge in [0.05, 0.1) is 91.4 Å². The van der Waals surface area contributed by atoms with Gasteiger partial charge in [0.25, 0.3) is 0 Å². The molecule has 2 aromatic carbocycles. The molecule has 0 saturated carbocycles. The van der Waals surface area contributed by atoms with Gasteiger partial charge >= 0.3 is 17.1 Å². The minimum absolute atomic E-state index is 0. The summed E-state index contributed by atoms with van der Waals surface area (Å²) in [5, 5.41) is 0. The van der Waals surface area contributed by atoms with E-state index in [9.17, 15) is 0 Å².